The molecule has 0 fully saturated rings. The third kappa shape index (κ3) is 3.58. The summed E-state index contributed by atoms with van der Waals surface area (Å²) in [6, 6.07) is 17.5. The molecular weight excluding hydrogens is 240 g/mol. The SMILES string of the molecule is COc1ccc(CC(OC=O)c2ccccc2)cc1. The standard InChI is InChI=1S/C16H16O3/c1-18-15-9-7-13(8-10-15)11-16(19-12-17)14-5-3-2-4-6-14/h2-10,12,16H,11H2,1H3. The summed E-state index contributed by atoms with van der Waals surface area (Å²) < 4.78 is 10.3. The van der Waals surface area contributed by atoms with E-state index in [-0.39, 0.29) is 6.10 Å². The number of benzene rings is 2. The highest BCUT2D eigenvalue weighted by Crippen LogP contribution is 2.22. The highest BCUT2D eigenvalue weighted by atomic mass is 16.5. The van der Waals surface area contributed by atoms with E-state index in [0.717, 1.165) is 16.9 Å². The van der Waals surface area contributed by atoms with Gasteiger partial charge in [-0.25, -0.2) is 0 Å². The molecule has 0 bridgehead atoms. The lowest BCUT2D eigenvalue weighted by Crippen LogP contribution is -2.06. The maximum absolute atomic E-state index is 10.6. The van der Waals surface area contributed by atoms with Gasteiger partial charge in [-0.2, -0.15) is 0 Å². The second kappa shape index (κ2) is 6.59. The quantitative estimate of drug-likeness (QED) is 0.745. The van der Waals surface area contributed by atoms with E-state index in [9.17, 15) is 4.79 Å². The Morgan fingerprint density at radius 2 is 1.74 bits per heavy atom. The average molecular weight is 256 g/mol. The molecule has 3 heteroatoms. The summed E-state index contributed by atoms with van der Waals surface area (Å²) in [6.45, 7) is 0.501. The smallest absolute Gasteiger partial charge is 0.293 e. The minimum Gasteiger partial charge on any atom is -0.497 e. The van der Waals surface area contributed by atoms with Crippen LogP contribution in [0.15, 0.2) is 54.6 Å². The first-order chi connectivity index (χ1) is 9.33. The van der Waals surface area contributed by atoms with Crippen molar-refractivity contribution in [1.82, 2.24) is 0 Å². The van der Waals surface area contributed by atoms with Crippen molar-refractivity contribution in [2.24, 2.45) is 0 Å². The Balaban J connectivity index is 2.14. The Morgan fingerprint density at radius 3 is 2.32 bits per heavy atom. The van der Waals surface area contributed by atoms with E-state index in [1.165, 1.54) is 0 Å². The second-order valence-electron chi connectivity index (χ2n) is 4.18. The van der Waals surface area contributed by atoms with Crippen molar-refractivity contribution in [1.29, 1.82) is 0 Å². The summed E-state index contributed by atoms with van der Waals surface area (Å²) in [5.74, 6) is 0.816. The van der Waals surface area contributed by atoms with E-state index in [1.54, 1.807) is 7.11 Å². The summed E-state index contributed by atoms with van der Waals surface area (Å²) in [5.41, 5.74) is 2.09. The highest BCUT2D eigenvalue weighted by Gasteiger charge is 2.12. The van der Waals surface area contributed by atoms with Crippen LogP contribution >= 0.6 is 0 Å². The van der Waals surface area contributed by atoms with Gasteiger partial charge in [0.15, 0.2) is 0 Å². The van der Waals surface area contributed by atoms with Crippen molar-refractivity contribution in [3.05, 3.63) is 65.7 Å². The van der Waals surface area contributed by atoms with Gasteiger partial charge in [-0.3, -0.25) is 4.79 Å². The first-order valence-corrected chi connectivity index (χ1v) is 6.10. The fraction of sp³-hybridized carbons (Fsp3) is 0.188. The van der Waals surface area contributed by atoms with Gasteiger partial charge in [0, 0.05) is 6.42 Å². The fourth-order valence-corrected chi connectivity index (χ4v) is 1.95. The lowest BCUT2D eigenvalue weighted by molar-refractivity contribution is -0.133. The van der Waals surface area contributed by atoms with Crippen LogP contribution in [0.5, 0.6) is 5.75 Å². The maximum Gasteiger partial charge on any atom is 0.293 e. The van der Waals surface area contributed by atoms with E-state index >= 15 is 0 Å². The fourth-order valence-electron chi connectivity index (χ4n) is 1.95. The topological polar surface area (TPSA) is 35.5 Å². The molecule has 2 rings (SSSR count). The van der Waals surface area contributed by atoms with Crippen LogP contribution in [0.3, 0.4) is 0 Å². The van der Waals surface area contributed by atoms with E-state index < -0.39 is 0 Å². The molecule has 0 N–H and O–H groups in total. The van der Waals surface area contributed by atoms with Gasteiger partial charge in [-0.05, 0) is 23.3 Å². The number of hydrogen-bond acceptors (Lipinski definition) is 3. The Morgan fingerprint density at radius 1 is 1.05 bits per heavy atom. The average Bonchev–Trinajstić information content (AvgIpc) is 2.48. The molecule has 98 valence electrons. The number of ether oxygens (including phenoxy) is 2. The molecule has 0 spiro atoms. The minimum atomic E-state index is -0.257. The Kier molecular flexibility index (Phi) is 4.56. The summed E-state index contributed by atoms with van der Waals surface area (Å²) in [6.07, 6.45) is 0.388. The first-order valence-electron chi connectivity index (χ1n) is 6.10. The van der Waals surface area contributed by atoms with Gasteiger partial charge < -0.3 is 9.47 Å². The van der Waals surface area contributed by atoms with Crippen LogP contribution in [-0.4, -0.2) is 13.6 Å². The van der Waals surface area contributed by atoms with Crippen molar-refractivity contribution in [2.75, 3.05) is 7.11 Å². The molecule has 0 amide bonds. The maximum atomic E-state index is 10.6. The van der Waals surface area contributed by atoms with Gasteiger partial charge in [0.2, 0.25) is 0 Å². The summed E-state index contributed by atoms with van der Waals surface area (Å²) >= 11 is 0. The van der Waals surface area contributed by atoms with Gasteiger partial charge >= 0.3 is 0 Å². The Hall–Kier alpha value is -2.29. The van der Waals surface area contributed by atoms with Crippen LogP contribution < -0.4 is 4.74 Å². The van der Waals surface area contributed by atoms with Gasteiger partial charge in [0.05, 0.1) is 7.11 Å². The monoisotopic (exact) mass is 256 g/mol. The molecule has 0 saturated heterocycles. The molecule has 19 heavy (non-hydrogen) atoms. The van der Waals surface area contributed by atoms with Crippen LogP contribution in [0.1, 0.15) is 17.2 Å². The molecule has 0 heterocycles. The third-order valence-electron chi connectivity index (χ3n) is 2.97. The molecule has 1 atom stereocenters. The molecule has 3 nitrogen and oxygen atoms in total. The van der Waals surface area contributed by atoms with Gasteiger partial charge in [0.25, 0.3) is 6.47 Å². The number of carbonyl (C=O) groups is 1. The molecule has 0 aliphatic heterocycles. The molecule has 0 aromatic heterocycles. The van der Waals surface area contributed by atoms with E-state index in [1.807, 2.05) is 54.6 Å². The predicted octanol–water partition coefficient (Wildman–Crippen LogP) is 3.15. The zero-order valence-corrected chi connectivity index (χ0v) is 10.8. The van der Waals surface area contributed by atoms with Crippen molar-refractivity contribution in [2.45, 2.75) is 12.5 Å². The molecule has 2 aromatic carbocycles. The Labute approximate surface area is 112 Å². The molecule has 0 aliphatic rings. The summed E-state index contributed by atoms with van der Waals surface area (Å²) in [7, 11) is 1.64. The van der Waals surface area contributed by atoms with Crippen molar-refractivity contribution >= 4 is 6.47 Å². The number of rotatable bonds is 6. The third-order valence-corrected chi connectivity index (χ3v) is 2.97. The van der Waals surface area contributed by atoms with Crippen LogP contribution in [0.2, 0.25) is 0 Å². The summed E-state index contributed by atoms with van der Waals surface area (Å²) in [4.78, 5) is 10.6. The van der Waals surface area contributed by atoms with E-state index in [0.29, 0.717) is 12.9 Å². The highest BCUT2D eigenvalue weighted by molar-refractivity contribution is 5.39. The molecule has 0 radical (unpaired) electrons. The molecule has 0 aliphatic carbocycles. The van der Waals surface area contributed by atoms with Gasteiger partial charge in [-0.15, -0.1) is 0 Å². The normalized spacial score (nSPS) is 11.6. The lowest BCUT2D eigenvalue weighted by Gasteiger charge is -2.15. The zero-order chi connectivity index (χ0) is 13.5. The zero-order valence-electron chi connectivity index (χ0n) is 10.8. The largest absolute Gasteiger partial charge is 0.497 e. The van der Waals surface area contributed by atoms with Crippen molar-refractivity contribution in [3.63, 3.8) is 0 Å². The van der Waals surface area contributed by atoms with Crippen LogP contribution in [0.4, 0.5) is 0 Å². The number of carbonyl (C=O) groups excluding carboxylic acids is 1. The van der Waals surface area contributed by atoms with E-state index in [4.69, 9.17) is 9.47 Å². The first kappa shape index (κ1) is 13.1. The van der Waals surface area contributed by atoms with Gasteiger partial charge in [-0.1, -0.05) is 42.5 Å². The van der Waals surface area contributed by atoms with Crippen molar-refractivity contribution < 1.29 is 14.3 Å². The lowest BCUT2D eigenvalue weighted by atomic mass is 10.0. The van der Waals surface area contributed by atoms with Crippen LogP contribution in [-0.2, 0) is 16.0 Å². The number of hydrogen-bond donors (Lipinski definition) is 0. The molecule has 1 unspecified atom stereocenters. The molecule has 0 saturated carbocycles. The molecule has 2 aromatic rings. The summed E-state index contributed by atoms with van der Waals surface area (Å²) in [5, 5.41) is 0. The van der Waals surface area contributed by atoms with Gasteiger partial charge in [0.1, 0.15) is 11.9 Å². The van der Waals surface area contributed by atoms with Crippen LogP contribution in [0, 0.1) is 0 Å². The van der Waals surface area contributed by atoms with Crippen LogP contribution in [0.25, 0.3) is 0 Å². The second-order valence-corrected chi connectivity index (χ2v) is 4.18. The van der Waals surface area contributed by atoms with Crippen molar-refractivity contribution in [3.8, 4) is 5.75 Å². The molecular formula is C16H16O3. The minimum absolute atomic E-state index is 0.257. The Bertz CT molecular complexity index is 505. The predicted molar refractivity (Wildman–Crippen MR) is 73.0 cm³/mol. The number of methoxy groups -OCH3 is 1. The van der Waals surface area contributed by atoms with E-state index in [2.05, 4.69) is 0 Å².